The van der Waals surface area contributed by atoms with Crippen molar-refractivity contribution in [2.45, 2.75) is 11.3 Å². The lowest BCUT2D eigenvalue weighted by atomic mass is 10.1. The van der Waals surface area contributed by atoms with Gasteiger partial charge < -0.3 is 19.9 Å². The first kappa shape index (κ1) is 23.0. The molecule has 0 radical (unpaired) electrons. The normalized spacial score (nSPS) is 15.7. The average Bonchev–Trinajstić information content (AvgIpc) is 3.14. The monoisotopic (exact) mass is 461 g/mol. The predicted octanol–water partition coefficient (Wildman–Crippen LogP) is 3.52. The van der Waals surface area contributed by atoms with Crippen molar-refractivity contribution in [3.8, 4) is 5.75 Å². The molecule has 2 aromatic rings. The number of ether oxygens (including phenoxy) is 1. The van der Waals surface area contributed by atoms with Crippen LogP contribution in [-0.4, -0.2) is 56.1 Å². The van der Waals surface area contributed by atoms with Crippen molar-refractivity contribution in [2.24, 2.45) is 5.92 Å². The number of thioether (sulfide) groups is 1. The van der Waals surface area contributed by atoms with Gasteiger partial charge in [0.05, 0.1) is 25.3 Å². The topological polar surface area (TPSA) is 79.0 Å². The number of benzene rings is 2. The SMILES string of the molecule is COc1ccc(Cl)cc1NC(=O)CN(C)C(=O)C1CC(=O)N(c2ccc(SC)cc2)C1. The van der Waals surface area contributed by atoms with Gasteiger partial charge in [-0.15, -0.1) is 11.8 Å². The molecular weight excluding hydrogens is 438 g/mol. The minimum absolute atomic E-state index is 0.100. The van der Waals surface area contributed by atoms with Gasteiger partial charge in [0.15, 0.2) is 0 Å². The molecule has 1 unspecified atom stereocenters. The molecule has 1 fully saturated rings. The van der Waals surface area contributed by atoms with Gasteiger partial charge in [0.1, 0.15) is 5.75 Å². The minimum Gasteiger partial charge on any atom is -0.495 e. The van der Waals surface area contributed by atoms with Crippen LogP contribution < -0.4 is 15.0 Å². The van der Waals surface area contributed by atoms with Gasteiger partial charge in [-0.3, -0.25) is 14.4 Å². The van der Waals surface area contributed by atoms with Crippen LogP contribution in [0.25, 0.3) is 0 Å². The second kappa shape index (κ2) is 10.1. The first-order chi connectivity index (χ1) is 14.8. The van der Waals surface area contributed by atoms with E-state index in [1.807, 2.05) is 30.5 Å². The maximum Gasteiger partial charge on any atom is 0.244 e. The Morgan fingerprint density at radius 1 is 1.26 bits per heavy atom. The number of carbonyl (C=O) groups excluding carboxylic acids is 3. The summed E-state index contributed by atoms with van der Waals surface area (Å²) in [4.78, 5) is 41.8. The second-order valence-corrected chi connectivity index (χ2v) is 8.51. The molecule has 9 heteroatoms. The summed E-state index contributed by atoms with van der Waals surface area (Å²) < 4.78 is 5.22. The van der Waals surface area contributed by atoms with Gasteiger partial charge in [-0.05, 0) is 48.7 Å². The Kier molecular flexibility index (Phi) is 7.46. The zero-order valence-electron chi connectivity index (χ0n) is 17.6. The van der Waals surface area contributed by atoms with Gasteiger partial charge in [-0.25, -0.2) is 0 Å². The Balaban J connectivity index is 1.60. The van der Waals surface area contributed by atoms with Crippen LogP contribution >= 0.6 is 23.4 Å². The molecule has 3 amide bonds. The van der Waals surface area contributed by atoms with E-state index in [0.717, 1.165) is 10.6 Å². The van der Waals surface area contributed by atoms with Gasteiger partial charge in [0, 0.05) is 35.6 Å². The maximum absolute atomic E-state index is 12.9. The lowest BCUT2D eigenvalue weighted by Crippen LogP contribution is -2.39. The van der Waals surface area contributed by atoms with E-state index in [4.69, 9.17) is 16.3 Å². The number of halogens is 1. The Labute approximate surface area is 190 Å². The lowest BCUT2D eigenvalue weighted by Gasteiger charge is -2.21. The summed E-state index contributed by atoms with van der Waals surface area (Å²) in [7, 11) is 3.05. The highest BCUT2D eigenvalue weighted by Gasteiger charge is 2.36. The van der Waals surface area contributed by atoms with Crippen LogP contribution in [0.4, 0.5) is 11.4 Å². The molecule has 1 atom stereocenters. The molecule has 0 bridgehead atoms. The number of nitrogens with zero attached hydrogens (tertiary/aromatic N) is 2. The lowest BCUT2D eigenvalue weighted by molar-refractivity contribution is -0.137. The number of methoxy groups -OCH3 is 1. The van der Waals surface area contributed by atoms with Crippen LogP contribution in [-0.2, 0) is 14.4 Å². The quantitative estimate of drug-likeness (QED) is 0.638. The fourth-order valence-corrected chi connectivity index (χ4v) is 4.04. The number of rotatable bonds is 7. The molecule has 0 saturated carbocycles. The van der Waals surface area contributed by atoms with E-state index >= 15 is 0 Å². The summed E-state index contributed by atoms with van der Waals surface area (Å²) in [6.45, 7) is 0.145. The van der Waals surface area contributed by atoms with Gasteiger partial charge >= 0.3 is 0 Å². The van der Waals surface area contributed by atoms with E-state index in [1.165, 1.54) is 12.0 Å². The molecule has 0 spiro atoms. The van der Waals surface area contributed by atoms with Gasteiger partial charge in [0.2, 0.25) is 17.7 Å². The third-order valence-electron chi connectivity index (χ3n) is 5.05. The van der Waals surface area contributed by atoms with Crippen LogP contribution in [0.3, 0.4) is 0 Å². The first-order valence-corrected chi connectivity index (χ1v) is 11.3. The van der Waals surface area contributed by atoms with E-state index in [9.17, 15) is 14.4 Å². The van der Waals surface area contributed by atoms with Crippen molar-refractivity contribution in [1.29, 1.82) is 0 Å². The molecular formula is C22H24ClN3O4S. The molecule has 31 heavy (non-hydrogen) atoms. The van der Waals surface area contributed by atoms with E-state index in [1.54, 1.807) is 41.9 Å². The third-order valence-corrected chi connectivity index (χ3v) is 6.03. The van der Waals surface area contributed by atoms with E-state index in [2.05, 4.69) is 5.32 Å². The Morgan fingerprint density at radius 3 is 2.61 bits per heavy atom. The fourth-order valence-electron chi connectivity index (χ4n) is 3.46. The zero-order chi connectivity index (χ0) is 22.5. The number of anilines is 2. The Bertz CT molecular complexity index is 983. The van der Waals surface area contributed by atoms with Crippen LogP contribution in [0.15, 0.2) is 47.4 Å². The molecule has 3 rings (SSSR count). The number of hydrogen-bond acceptors (Lipinski definition) is 5. The summed E-state index contributed by atoms with van der Waals surface area (Å²) in [5.41, 5.74) is 1.20. The molecule has 1 heterocycles. The molecule has 7 nitrogen and oxygen atoms in total. The largest absolute Gasteiger partial charge is 0.495 e. The molecule has 1 aliphatic heterocycles. The second-order valence-electron chi connectivity index (χ2n) is 7.19. The summed E-state index contributed by atoms with van der Waals surface area (Å²) in [5.74, 6) is -0.755. The van der Waals surface area contributed by atoms with E-state index < -0.39 is 5.92 Å². The number of hydrogen-bond donors (Lipinski definition) is 1. The molecule has 1 N–H and O–H groups in total. The summed E-state index contributed by atoms with van der Waals surface area (Å²) in [6.07, 6.45) is 2.11. The first-order valence-electron chi connectivity index (χ1n) is 9.65. The highest BCUT2D eigenvalue weighted by atomic mass is 35.5. The molecule has 1 aliphatic rings. The molecule has 1 saturated heterocycles. The summed E-state index contributed by atoms with van der Waals surface area (Å²) >= 11 is 7.61. The van der Waals surface area contributed by atoms with Gasteiger partial charge in [-0.2, -0.15) is 0 Å². The number of amides is 3. The number of nitrogens with one attached hydrogen (secondary N) is 1. The van der Waals surface area contributed by atoms with Crippen molar-refractivity contribution in [2.75, 3.05) is 43.7 Å². The van der Waals surface area contributed by atoms with Crippen LogP contribution in [0.1, 0.15) is 6.42 Å². The van der Waals surface area contributed by atoms with Crippen molar-refractivity contribution < 1.29 is 19.1 Å². The Hall–Kier alpha value is -2.71. The Morgan fingerprint density at radius 2 is 1.97 bits per heavy atom. The van der Waals surface area contributed by atoms with Gasteiger partial charge in [0.25, 0.3) is 0 Å². The van der Waals surface area contributed by atoms with Crippen molar-refractivity contribution in [3.05, 3.63) is 47.5 Å². The molecule has 0 aromatic heterocycles. The van der Waals surface area contributed by atoms with Crippen LogP contribution in [0.5, 0.6) is 5.75 Å². The minimum atomic E-state index is -0.494. The average molecular weight is 462 g/mol. The van der Waals surface area contributed by atoms with Crippen molar-refractivity contribution in [3.63, 3.8) is 0 Å². The van der Waals surface area contributed by atoms with Crippen molar-refractivity contribution >= 4 is 52.5 Å². The van der Waals surface area contributed by atoms with E-state index in [-0.39, 0.29) is 30.7 Å². The number of carbonyl (C=O) groups is 3. The third kappa shape index (κ3) is 5.51. The molecule has 2 aromatic carbocycles. The summed E-state index contributed by atoms with van der Waals surface area (Å²) in [5, 5.41) is 3.17. The van der Waals surface area contributed by atoms with E-state index in [0.29, 0.717) is 23.0 Å². The fraction of sp³-hybridized carbons (Fsp3) is 0.318. The highest BCUT2D eigenvalue weighted by Crippen LogP contribution is 2.29. The summed E-state index contributed by atoms with van der Waals surface area (Å²) in [6, 6.07) is 12.5. The number of likely N-dealkylation sites (N-methyl/N-ethyl adjacent to an activating group) is 1. The standard InChI is InChI=1S/C22H24ClN3O4S/c1-25(13-20(27)24-18-11-15(23)4-9-19(18)30-2)22(29)14-10-21(28)26(12-14)16-5-7-17(31-3)8-6-16/h4-9,11,14H,10,12-13H2,1-3H3,(H,24,27). The molecule has 164 valence electrons. The molecule has 0 aliphatic carbocycles. The highest BCUT2D eigenvalue weighted by molar-refractivity contribution is 7.98. The zero-order valence-corrected chi connectivity index (χ0v) is 19.1. The van der Waals surface area contributed by atoms with Crippen LogP contribution in [0.2, 0.25) is 5.02 Å². The van der Waals surface area contributed by atoms with Gasteiger partial charge in [-0.1, -0.05) is 11.6 Å². The maximum atomic E-state index is 12.9. The van der Waals surface area contributed by atoms with Crippen LogP contribution in [0, 0.1) is 5.92 Å². The smallest absolute Gasteiger partial charge is 0.244 e. The predicted molar refractivity (Wildman–Crippen MR) is 123 cm³/mol. The van der Waals surface area contributed by atoms with Crippen molar-refractivity contribution in [1.82, 2.24) is 4.90 Å².